The number of thiophene rings is 1. The molecule has 1 N–H and O–H groups in total. The van der Waals surface area contributed by atoms with Crippen LogP contribution in [0.1, 0.15) is 31.9 Å². The Kier molecular flexibility index (Phi) is 6.33. The number of nitrogens with one attached hydrogen (secondary N) is 1. The summed E-state index contributed by atoms with van der Waals surface area (Å²) >= 11 is 1.44. The molecule has 0 saturated heterocycles. The number of ether oxygens (including phenoxy) is 3. The number of nitrogens with zero attached hydrogens (tertiary/aromatic N) is 1. The van der Waals surface area contributed by atoms with Gasteiger partial charge in [-0.15, -0.1) is 11.3 Å². The van der Waals surface area contributed by atoms with Crippen LogP contribution < -0.4 is 14.8 Å². The fourth-order valence-electron chi connectivity index (χ4n) is 4.18. The number of rotatable bonds is 6. The lowest BCUT2D eigenvalue weighted by atomic mass is 10.0. The van der Waals surface area contributed by atoms with Gasteiger partial charge in [-0.1, -0.05) is 36.4 Å². The smallest absolute Gasteiger partial charge is 0.341 e. The van der Waals surface area contributed by atoms with Crippen molar-refractivity contribution in [2.75, 3.05) is 25.8 Å². The molecule has 2 aromatic carbocycles. The molecule has 0 fully saturated rings. The predicted molar refractivity (Wildman–Crippen MR) is 130 cm³/mol. The average molecular weight is 477 g/mol. The molecule has 0 unspecified atom stereocenters. The van der Waals surface area contributed by atoms with Gasteiger partial charge in [0.25, 0.3) is 0 Å². The first-order valence-electron chi connectivity index (χ1n) is 11.0. The van der Waals surface area contributed by atoms with Gasteiger partial charge in [-0.05, 0) is 41.3 Å². The van der Waals surface area contributed by atoms with E-state index in [1.807, 2.05) is 36.4 Å². The molecule has 0 aliphatic carbocycles. The van der Waals surface area contributed by atoms with Crippen LogP contribution in [0.4, 0.5) is 5.00 Å². The molecule has 0 bridgehead atoms. The molecule has 5 rings (SSSR count). The second kappa shape index (κ2) is 9.70. The highest BCUT2D eigenvalue weighted by Gasteiger charge is 2.29. The Balaban J connectivity index is 1.32. The molecule has 34 heavy (non-hydrogen) atoms. The molecule has 1 amide bonds. The summed E-state index contributed by atoms with van der Waals surface area (Å²) in [6.45, 7) is 2.60. The summed E-state index contributed by atoms with van der Waals surface area (Å²) in [6, 6.07) is 15.8. The van der Waals surface area contributed by atoms with Gasteiger partial charge in [-0.3, -0.25) is 9.69 Å². The minimum absolute atomic E-state index is 0.200. The first-order valence-corrected chi connectivity index (χ1v) is 11.8. The van der Waals surface area contributed by atoms with Crippen LogP contribution in [0.3, 0.4) is 0 Å². The van der Waals surface area contributed by atoms with Crippen molar-refractivity contribution in [3.63, 3.8) is 0 Å². The van der Waals surface area contributed by atoms with E-state index in [4.69, 9.17) is 14.2 Å². The molecular formula is C26H24N2O5S. The second-order valence-corrected chi connectivity index (χ2v) is 9.19. The third kappa shape index (κ3) is 4.69. The molecule has 2 aliphatic heterocycles. The Labute approximate surface area is 201 Å². The van der Waals surface area contributed by atoms with E-state index in [1.54, 1.807) is 6.08 Å². The number of anilines is 1. The van der Waals surface area contributed by atoms with E-state index >= 15 is 0 Å². The Hall–Kier alpha value is -3.62. The Morgan fingerprint density at radius 2 is 1.97 bits per heavy atom. The van der Waals surface area contributed by atoms with Gasteiger partial charge in [0, 0.05) is 30.6 Å². The van der Waals surface area contributed by atoms with E-state index in [9.17, 15) is 9.59 Å². The van der Waals surface area contributed by atoms with Gasteiger partial charge in [0.1, 0.15) is 5.00 Å². The number of amides is 1. The summed E-state index contributed by atoms with van der Waals surface area (Å²) in [4.78, 5) is 28.7. The van der Waals surface area contributed by atoms with Gasteiger partial charge in [0.2, 0.25) is 12.7 Å². The van der Waals surface area contributed by atoms with E-state index < -0.39 is 5.97 Å². The first kappa shape index (κ1) is 22.2. The molecule has 0 radical (unpaired) electrons. The SMILES string of the molecule is COC(=O)c1c(NC(=O)/C=C/c2ccc3c(c2)OCO3)sc2c1CCN(Cc1ccccc1)C2. The topological polar surface area (TPSA) is 77.1 Å². The third-order valence-electron chi connectivity index (χ3n) is 5.83. The number of hydrogen-bond donors (Lipinski definition) is 1. The molecule has 0 saturated carbocycles. The van der Waals surface area contributed by atoms with Crippen molar-refractivity contribution in [2.45, 2.75) is 19.5 Å². The molecule has 3 heterocycles. The number of carbonyl (C=O) groups is 2. The molecule has 0 atom stereocenters. The summed E-state index contributed by atoms with van der Waals surface area (Å²) in [5.41, 5.74) is 3.50. The van der Waals surface area contributed by atoms with Gasteiger partial charge in [0.05, 0.1) is 12.7 Å². The molecule has 2 aliphatic rings. The van der Waals surface area contributed by atoms with E-state index in [0.29, 0.717) is 22.1 Å². The summed E-state index contributed by atoms with van der Waals surface area (Å²) in [6.07, 6.45) is 3.87. The van der Waals surface area contributed by atoms with Crippen molar-refractivity contribution < 1.29 is 23.8 Å². The maximum absolute atomic E-state index is 12.7. The fourth-order valence-corrected chi connectivity index (χ4v) is 5.46. The van der Waals surface area contributed by atoms with Crippen molar-refractivity contribution in [1.82, 2.24) is 4.90 Å². The monoisotopic (exact) mass is 476 g/mol. The molecule has 8 heteroatoms. The third-order valence-corrected chi connectivity index (χ3v) is 6.97. The van der Waals surface area contributed by atoms with Crippen LogP contribution in [0.15, 0.2) is 54.6 Å². The average Bonchev–Trinajstić information content (AvgIpc) is 3.46. The summed E-state index contributed by atoms with van der Waals surface area (Å²) < 4.78 is 15.7. The van der Waals surface area contributed by atoms with Gasteiger partial charge < -0.3 is 19.5 Å². The maximum atomic E-state index is 12.7. The van der Waals surface area contributed by atoms with Crippen LogP contribution in [-0.2, 0) is 29.0 Å². The molecule has 174 valence electrons. The highest BCUT2D eigenvalue weighted by Crippen LogP contribution is 2.38. The van der Waals surface area contributed by atoms with Gasteiger partial charge in [-0.25, -0.2) is 4.79 Å². The largest absolute Gasteiger partial charge is 0.465 e. The minimum atomic E-state index is -0.427. The van der Waals surface area contributed by atoms with Gasteiger partial charge >= 0.3 is 5.97 Å². The minimum Gasteiger partial charge on any atom is -0.465 e. The highest BCUT2D eigenvalue weighted by atomic mass is 32.1. The van der Waals surface area contributed by atoms with Crippen LogP contribution in [0.5, 0.6) is 11.5 Å². The lowest BCUT2D eigenvalue weighted by Crippen LogP contribution is -2.29. The normalized spacial score (nSPS) is 14.7. The summed E-state index contributed by atoms with van der Waals surface area (Å²) in [7, 11) is 1.36. The highest BCUT2D eigenvalue weighted by molar-refractivity contribution is 7.17. The molecular weight excluding hydrogens is 452 g/mol. The van der Waals surface area contributed by atoms with Crippen LogP contribution in [0, 0.1) is 0 Å². The number of carbonyl (C=O) groups excluding carboxylic acids is 2. The Bertz CT molecular complexity index is 1250. The number of esters is 1. The zero-order valence-corrected chi connectivity index (χ0v) is 19.5. The molecule has 0 spiro atoms. The van der Waals surface area contributed by atoms with Crippen LogP contribution >= 0.6 is 11.3 Å². The van der Waals surface area contributed by atoms with E-state index in [2.05, 4.69) is 22.3 Å². The molecule has 1 aromatic heterocycles. The summed E-state index contributed by atoms with van der Waals surface area (Å²) in [5, 5.41) is 3.41. The first-order chi connectivity index (χ1) is 16.6. The fraction of sp³-hybridized carbons (Fsp3) is 0.231. The number of fused-ring (bicyclic) bond motifs is 2. The number of methoxy groups -OCH3 is 1. The van der Waals surface area contributed by atoms with E-state index in [0.717, 1.165) is 42.1 Å². The van der Waals surface area contributed by atoms with Crippen molar-refractivity contribution in [3.8, 4) is 11.5 Å². The van der Waals surface area contributed by atoms with Crippen molar-refractivity contribution in [3.05, 3.63) is 81.7 Å². The van der Waals surface area contributed by atoms with Crippen LogP contribution in [-0.4, -0.2) is 37.2 Å². The number of hydrogen-bond acceptors (Lipinski definition) is 7. The quantitative estimate of drug-likeness (QED) is 0.418. The lowest BCUT2D eigenvalue weighted by Gasteiger charge is -2.27. The molecule has 7 nitrogen and oxygen atoms in total. The van der Waals surface area contributed by atoms with Gasteiger partial charge in [0.15, 0.2) is 11.5 Å². The Morgan fingerprint density at radius 3 is 2.79 bits per heavy atom. The van der Waals surface area contributed by atoms with E-state index in [-0.39, 0.29) is 12.7 Å². The number of benzene rings is 2. The van der Waals surface area contributed by atoms with Crippen molar-refractivity contribution >= 4 is 34.3 Å². The van der Waals surface area contributed by atoms with Gasteiger partial charge in [-0.2, -0.15) is 0 Å². The van der Waals surface area contributed by atoms with Crippen LogP contribution in [0.2, 0.25) is 0 Å². The lowest BCUT2D eigenvalue weighted by molar-refractivity contribution is -0.111. The zero-order valence-electron chi connectivity index (χ0n) is 18.7. The molecule has 3 aromatic rings. The zero-order chi connectivity index (χ0) is 23.5. The Morgan fingerprint density at radius 1 is 1.15 bits per heavy atom. The van der Waals surface area contributed by atoms with Crippen molar-refractivity contribution in [2.24, 2.45) is 0 Å². The second-order valence-electron chi connectivity index (χ2n) is 8.08. The standard InChI is InChI=1S/C26H24N2O5S/c1-31-26(30)24-19-11-12-28(14-18-5-3-2-4-6-18)15-22(19)34-25(24)27-23(29)10-8-17-7-9-20-21(13-17)33-16-32-20/h2-10,13H,11-12,14-16H2,1H3,(H,27,29)/b10-8+. The van der Waals surface area contributed by atoms with E-state index in [1.165, 1.54) is 30.1 Å². The van der Waals surface area contributed by atoms with Crippen molar-refractivity contribution in [1.29, 1.82) is 0 Å². The maximum Gasteiger partial charge on any atom is 0.341 e. The van der Waals surface area contributed by atoms with Crippen LogP contribution in [0.25, 0.3) is 6.08 Å². The summed E-state index contributed by atoms with van der Waals surface area (Å²) in [5.74, 6) is 0.600. The predicted octanol–water partition coefficient (Wildman–Crippen LogP) is 4.47.